The van der Waals surface area contributed by atoms with E-state index in [1.54, 1.807) is 4.57 Å². The van der Waals surface area contributed by atoms with Gasteiger partial charge in [0.2, 0.25) is 0 Å². The largest absolute Gasteiger partial charge is 1.00 e. The number of methoxy groups -OCH3 is 1. The summed E-state index contributed by atoms with van der Waals surface area (Å²) >= 11 is 5.93. The van der Waals surface area contributed by atoms with Crippen LogP contribution in [0.3, 0.4) is 0 Å². The molecule has 1 aromatic heterocycles. The summed E-state index contributed by atoms with van der Waals surface area (Å²) in [6.45, 7) is 0.675. The second-order valence-electron chi connectivity index (χ2n) is 5.22. The molecule has 0 aliphatic heterocycles. The molecule has 0 aliphatic carbocycles. The van der Waals surface area contributed by atoms with E-state index < -0.39 is 0 Å². The Hall–Kier alpha value is -2.05. The number of nitrogens with two attached hydrogens (primary N) is 1. The van der Waals surface area contributed by atoms with Crippen LogP contribution in [0.15, 0.2) is 48.5 Å². The summed E-state index contributed by atoms with van der Waals surface area (Å²) in [6.07, 6.45) is 0. The fraction of sp³-hybridized carbons (Fsp3) is 0.176. The maximum atomic E-state index is 11.7. The van der Waals surface area contributed by atoms with E-state index in [-0.39, 0.29) is 29.5 Å². The van der Waals surface area contributed by atoms with E-state index in [0.29, 0.717) is 17.5 Å². The minimum Gasteiger partial charge on any atom is -1.00 e. The lowest BCUT2D eigenvalue weighted by atomic mass is 10.2. The van der Waals surface area contributed by atoms with Crippen molar-refractivity contribution in [3.05, 3.63) is 59.1 Å². The van der Waals surface area contributed by atoms with Gasteiger partial charge in [-0.3, -0.25) is 5.73 Å². The molecule has 1 heterocycles. The second-order valence-corrected chi connectivity index (χ2v) is 5.66. The zero-order valence-electron chi connectivity index (χ0n) is 13.1. The highest BCUT2D eigenvalue weighted by Gasteiger charge is 2.22. The van der Waals surface area contributed by atoms with Crippen molar-refractivity contribution in [2.75, 3.05) is 12.8 Å². The van der Waals surface area contributed by atoms with Crippen LogP contribution in [0.1, 0.15) is 5.56 Å². The van der Waals surface area contributed by atoms with Crippen molar-refractivity contribution in [3.8, 4) is 0 Å². The number of hydrogen-bond acceptors (Lipinski definition) is 3. The van der Waals surface area contributed by atoms with E-state index in [9.17, 15) is 4.79 Å². The van der Waals surface area contributed by atoms with E-state index in [4.69, 9.17) is 22.1 Å². The zero-order chi connectivity index (χ0) is 16.4. The van der Waals surface area contributed by atoms with E-state index in [2.05, 4.69) is 0 Å². The first-order chi connectivity index (χ1) is 11.1. The minimum atomic E-state index is -0.337. The summed E-state index contributed by atoms with van der Waals surface area (Å²) in [7, 11) is 1.37. The number of anilines is 1. The number of nitrogens with zero attached hydrogens (tertiary/aromatic N) is 2. The molecular weight excluding hydrogens is 394 g/mol. The van der Waals surface area contributed by atoms with Gasteiger partial charge in [0.1, 0.15) is 11.0 Å². The van der Waals surface area contributed by atoms with Gasteiger partial charge in [-0.15, -0.1) is 0 Å². The summed E-state index contributed by atoms with van der Waals surface area (Å²) in [5.41, 5.74) is 9.22. The first-order valence-corrected chi connectivity index (χ1v) is 7.55. The van der Waals surface area contributed by atoms with Crippen molar-refractivity contribution in [1.82, 2.24) is 4.57 Å². The number of nitrogen functional groups attached to an aromatic ring is 1. The maximum absolute atomic E-state index is 11.7. The average molecular weight is 411 g/mol. The van der Waals surface area contributed by atoms with Crippen LogP contribution < -0.4 is 27.3 Å². The zero-order valence-corrected chi connectivity index (χ0v) is 15.4. The molecule has 3 rings (SSSR count). The molecule has 7 heteroatoms. The van der Waals surface area contributed by atoms with E-state index >= 15 is 0 Å². The first-order valence-electron chi connectivity index (χ1n) is 7.18. The highest BCUT2D eigenvalue weighted by atomic mass is 79.9. The van der Waals surface area contributed by atoms with E-state index in [1.807, 2.05) is 53.1 Å². The molecule has 0 spiro atoms. The molecule has 2 N–H and O–H groups in total. The van der Waals surface area contributed by atoms with Crippen LogP contribution in [0, 0.1) is 0 Å². The highest BCUT2D eigenvalue weighted by Crippen LogP contribution is 2.17. The summed E-state index contributed by atoms with van der Waals surface area (Å²) in [6, 6.07) is 15.4. The van der Waals surface area contributed by atoms with Gasteiger partial charge in [0.15, 0.2) is 6.54 Å². The molecular formula is C17H17BrClN3O2. The monoisotopic (exact) mass is 409 g/mol. The summed E-state index contributed by atoms with van der Waals surface area (Å²) in [4.78, 5) is 11.7. The molecule has 0 bridgehead atoms. The van der Waals surface area contributed by atoms with Crippen molar-refractivity contribution < 1.29 is 31.1 Å². The van der Waals surface area contributed by atoms with Crippen molar-refractivity contribution in [1.29, 1.82) is 0 Å². The number of benzene rings is 2. The number of rotatable bonds is 4. The lowest BCUT2D eigenvalue weighted by Crippen LogP contribution is -3.00. The van der Waals surface area contributed by atoms with Crippen LogP contribution in [0.2, 0.25) is 5.02 Å². The summed E-state index contributed by atoms with van der Waals surface area (Å²) < 4.78 is 8.49. The van der Waals surface area contributed by atoms with Crippen molar-refractivity contribution in [3.63, 3.8) is 0 Å². The molecule has 24 heavy (non-hydrogen) atoms. The SMILES string of the molecule is COC(=O)Cn1c(N)[n+](Cc2ccc(Cl)cc2)c2ccccc21.[Br-]. The number of imidazole rings is 1. The standard InChI is InChI=1S/C17H16ClN3O2.BrH/c1-23-16(22)11-21-15-5-3-2-4-14(15)20(17(21)19)10-12-6-8-13(18)9-7-12;/h2-9,19H,10-11H2,1H3;1H. The van der Waals surface area contributed by atoms with E-state index in [1.165, 1.54) is 7.11 Å². The maximum Gasteiger partial charge on any atom is 0.356 e. The summed E-state index contributed by atoms with van der Waals surface area (Å²) in [5.74, 6) is 0.169. The predicted molar refractivity (Wildman–Crippen MR) is 89.1 cm³/mol. The van der Waals surface area contributed by atoms with Gasteiger partial charge in [-0.05, 0) is 29.8 Å². The van der Waals surface area contributed by atoms with Gasteiger partial charge in [-0.25, -0.2) is 13.9 Å². The Balaban J connectivity index is 0.00000208. The molecule has 0 atom stereocenters. The third kappa shape index (κ3) is 3.55. The Morgan fingerprint density at radius 2 is 1.88 bits per heavy atom. The molecule has 5 nitrogen and oxygen atoms in total. The van der Waals surface area contributed by atoms with Gasteiger partial charge in [0.05, 0.1) is 13.7 Å². The van der Waals surface area contributed by atoms with Crippen molar-refractivity contribution >= 4 is 34.6 Å². The highest BCUT2D eigenvalue weighted by molar-refractivity contribution is 6.30. The third-order valence-electron chi connectivity index (χ3n) is 3.79. The van der Waals surface area contributed by atoms with Crippen LogP contribution in [-0.4, -0.2) is 17.6 Å². The lowest BCUT2D eigenvalue weighted by molar-refractivity contribution is -0.648. The molecule has 0 radical (unpaired) electrons. The number of para-hydroxylation sites is 2. The molecule has 0 saturated heterocycles. The van der Waals surface area contributed by atoms with Crippen LogP contribution in [0.25, 0.3) is 11.0 Å². The van der Waals surface area contributed by atoms with Gasteiger partial charge in [-0.1, -0.05) is 35.9 Å². The number of ether oxygens (including phenoxy) is 1. The number of hydrogen-bond donors (Lipinski definition) is 1. The second kappa shape index (κ2) is 7.68. The molecule has 0 aliphatic rings. The quantitative estimate of drug-likeness (QED) is 0.461. The Morgan fingerprint density at radius 3 is 2.54 bits per heavy atom. The molecule has 0 amide bonds. The molecule has 2 aromatic carbocycles. The molecule has 3 aromatic rings. The Morgan fingerprint density at radius 1 is 1.21 bits per heavy atom. The van der Waals surface area contributed by atoms with Crippen LogP contribution >= 0.6 is 11.6 Å². The van der Waals surface area contributed by atoms with Crippen molar-refractivity contribution in [2.45, 2.75) is 13.1 Å². The topological polar surface area (TPSA) is 61.1 Å². The fourth-order valence-corrected chi connectivity index (χ4v) is 2.74. The van der Waals surface area contributed by atoms with Crippen LogP contribution in [0.5, 0.6) is 0 Å². The van der Waals surface area contributed by atoms with Crippen LogP contribution in [0.4, 0.5) is 5.95 Å². The Labute approximate surface area is 155 Å². The van der Waals surface area contributed by atoms with E-state index in [0.717, 1.165) is 16.6 Å². The lowest BCUT2D eigenvalue weighted by Gasteiger charge is -2.03. The Kier molecular flexibility index (Phi) is 5.85. The number of carbonyl (C=O) groups excluding carboxylic acids is 1. The fourth-order valence-electron chi connectivity index (χ4n) is 2.61. The van der Waals surface area contributed by atoms with Gasteiger partial charge in [-0.2, -0.15) is 0 Å². The van der Waals surface area contributed by atoms with Gasteiger partial charge in [0, 0.05) is 5.02 Å². The average Bonchev–Trinajstić information content (AvgIpc) is 2.82. The number of carbonyl (C=O) groups is 1. The normalized spacial score (nSPS) is 10.4. The number of fused-ring (bicyclic) bond motifs is 1. The molecule has 126 valence electrons. The third-order valence-corrected chi connectivity index (χ3v) is 4.04. The number of esters is 1. The van der Waals surface area contributed by atoms with Gasteiger partial charge in [0.25, 0.3) is 0 Å². The number of halogens is 2. The van der Waals surface area contributed by atoms with Gasteiger partial charge < -0.3 is 21.7 Å². The molecule has 0 fully saturated rings. The smallest absolute Gasteiger partial charge is 0.356 e. The first kappa shape index (κ1) is 18.3. The number of aromatic nitrogens is 2. The Bertz CT molecular complexity index is 862. The van der Waals surface area contributed by atoms with Crippen LogP contribution in [-0.2, 0) is 22.6 Å². The summed E-state index contributed by atoms with van der Waals surface area (Å²) in [5, 5.41) is 0.694. The van der Waals surface area contributed by atoms with Gasteiger partial charge >= 0.3 is 11.9 Å². The predicted octanol–water partition coefficient (Wildman–Crippen LogP) is -0.610. The van der Waals surface area contributed by atoms with Crippen molar-refractivity contribution in [2.24, 2.45) is 0 Å². The minimum absolute atomic E-state index is 0. The molecule has 0 saturated carbocycles. The molecule has 0 unspecified atom stereocenters.